The molecule has 0 unspecified atom stereocenters. The molecule has 0 bridgehead atoms. The summed E-state index contributed by atoms with van der Waals surface area (Å²) in [5.74, 6) is -0.226. The summed E-state index contributed by atoms with van der Waals surface area (Å²) in [6.07, 6.45) is 5.46. The van der Waals surface area contributed by atoms with Crippen LogP contribution in [0.5, 0.6) is 0 Å². The number of hydrogen-bond donors (Lipinski definition) is 0. The van der Waals surface area contributed by atoms with Gasteiger partial charge < -0.3 is 9.64 Å². The first-order chi connectivity index (χ1) is 9.85. The predicted molar refractivity (Wildman–Crippen MR) is 81.4 cm³/mol. The monoisotopic (exact) mass is 291 g/mol. The molecule has 1 atom stereocenters. The van der Waals surface area contributed by atoms with Crippen LogP contribution in [0.2, 0.25) is 0 Å². The van der Waals surface area contributed by atoms with E-state index in [0.29, 0.717) is 0 Å². The molecule has 4 heteroatoms. The van der Waals surface area contributed by atoms with Crippen molar-refractivity contribution >= 4 is 12.2 Å². The van der Waals surface area contributed by atoms with Gasteiger partial charge in [-0.3, -0.25) is 0 Å². The Labute approximate surface area is 125 Å². The third-order valence-corrected chi connectivity index (χ3v) is 3.17. The minimum atomic E-state index is -0.443. The van der Waals surface area contributed by atoms with Gasteiger partial charge in [0.2, 0.25) is 0 Å². The maximum absolute atomic E-state index is 13.0. The quantitative estimate of drug-likeness (QED) is 0.777. The third-order valence-electron chi connectivity index (χ3n) is 3.17. The van der Waals surface area contributed by atoms with Crippen LogP contribution < -0.4 is 0 Å². The molecule has 0 saturated carbocycles. The van der Waals surface area contributed by atoms with Gasteiger partial charge in [-0.1, -0.05) is 24.3 Å². The van der Waals surface area contributed by atoms with Crippen molar-refractivity contribution < 1.29 is 13.9 Å². The van der Waals surface area contributed by atoms with Crippen LogP contribution >= 0.6 is 0 Å². The smallest absolute Gasteiger partial charge is 0.410 e. The Kier molecular flexibility index (Phi) is 4.66. The molecule has 1 heterocycles. The lowest BCUT2D eigenvalue weighted by atomic mass is 10.1. The van der Waals surface area contributed by atoms with E-state index < -0.39 is 5.60 Å². The predicted octanol–water partition coefficient (Wildman–Crippen LogP) is 4.24. The summed E-state index contributed by atoms with van der Waals surface area (Å²) in [5.41, 5.74) is 0.413. The first-order valence-corrected chi connectivity index (χ1v) is 7.27. The summed E-state index contributed by atoms with van der Waals surface area (Å²) >= 11 is 0. The summed E-state index contributed by atoms with van der Waals surface area (Å²) in [6, 6.07) is 6.77. The second kappa shape index (κ2) is 6.29. The molecule has 0 spiro atoms. The Balaban J connectivity index is 1.70. The van der Waals surface area contributed by atoms with Crippen molar-refractivity contribution in [1.29, 1.82) is 0 Å². The molecule has 1 aliphatic heterocycles. The normalized spacial score (nSPS) is 18.1. The number of carbonyl (C=O) groups is 1. The number of ether oxygens (including phenoxy) is 1. The molecule has 0 radical (unpaired) electrons. The van der Waals surface area contributed by atoms with Gasteiger partial charge in [0.15, 0.2) is 0 Å². The van der Waals surface area contributed by atoms with Crippen molar-refractivity contribution in [3.05, 3.63) is 41.7 Å². The van der Waals surface area contributed by atoms with Crippen molar-refractivity contribution in [2.75, 3.05) is 6.54 Å². The van der Waals surface area contributed by atoms with E-state index in [9.17, 15) is 9.18 Å². The van der Waals surface area contributed by atoms with Gasteiger partial charge in [-0.25, -0.2) is 9.18 Å². The molecule has 1 aliphatic rings. The third kappa shape index (κ3) is 5.21. The second-order valence-electron chi connectivity index (χ2n) is 6.32. The van der Waals surface area contributed by atoms with E-state index in [4.69, 9.17) is 4.74 Å². The fourth-order valence-electron chi connectivity index (χ4n) is 2.09. The zero-order valence-electron chi connectivity index (χ0n) is 12.8. The van der Waals surface area contributed by atoms with Gasteiger partial charge in [0.05, 0.1) is 6.04 Å². The van der Waals surface area contributed by atoms with Crippen molar-refractivity contribution in [2.24, 2.45) is 0 Å². The van der Waals surface area contributed by atoms with E-state index in [2.05, 4.69) is 0 Å². The molecule has 1 saturated heterocycles. The SMILES string of the molecule is CC(C)(C)OC(=O)N1C[C@@H]1CC/C=C/c1cccc(F)c1. The Hall–Kier alpha value is -1.84. The lowest BCUT2D eigenvalue weighted by Gasteiger charge is -2.19. The highest BCUT2D eigenvalue weighted by Gasteiger charge is 2.40. The zero-order valence-corrected chi connectivity index (χ0v) is 12.8. The van der Waals surface area contributed by atoms with E-state index in [-0.39, 0.29) is 18.0 Å². The van der Waals surface area contributed by atoms with Gasteiger partial charge in [-0.15, -0.1) is 0 Å². The van der Waals surface area contributed by atoms with Gasteiger partial charge in [-0.05, 0) is 51.3 Å². The van der Waals surface area contributed by atoms with Gasteiger partial charge >= 0.3 is 6.09 Å². The number of carbonyl (C=O) groups excluding carboxylic acids is 1. The van der Waals surface area contributed by atoms with Gasteiger partial charge in [0, 0.05) is 6.54 Å². The van der Waals surface area contributed by atoms with E-state index >= 15 is 0 Å². The summed E-state index contributed by atoms with van der Waals surface area (Å²) in [7, 11) is 0. The molecular weight excluding hydrogens is 269 g/mol. The fourth-order valence-corrected chi connectivity index (χ4v) is 2.09. The van der Waals surface area contributed by atoms with Crippen LogP contribution in [0.3, 0.4) is 0 Å². The fraction of sp³-hybridized carbons (Fsp3) is 0.471. The molecule has 114 valence electrons. The molecule has 0 aliphatic carbocycles. The molecule has 1 aromatic rings. The lowest BCUT2D eigenvalue weighted by molar-refractivity contribution is 0.0406. The van der Waals surface area contributed by atoms with E-state index in [1.54, 1.807) is 11.0 Å². The highest BCUT2D eigenvalue weighted by molar-refractivity contribution is 5.71. The number of rotatable bonds is 4. The number of allylic oxidation sites excluding steroid dienone is 1. The summed E-state index contributed by atoms with van der Waals surface area (Å²) < 4.78 is 18.3. The molecule has 1 aromatic carbocycles. The van der Waals surface area contributed by atoms with Crippen LogP contribution in [0, 0.1) is 5.82 Å². The van der Waals surface area contributed by atoms with Crippen LogP contribution in [0.1, 0.15) is 39.2 Å². The largest absolute Gasteiger partial charge is 0.444 e. The first-order valence-electron chi connectivity index (χ1n) is 7.27. The summed E-state index contributed by atoms with van der Waals surface area (Å²) in [6.45, 7) is 6.37. The van der Waals surface area contributed by atoms with E-state index in [1.165, 1.54) is 12.1 Å². The number of amides is 1. The average Bonchev–Trinajstić information content (AvgIpc) is 3.12. The Morgan fingerprint density at radius 3 is 2.90 bits per heavy atom. The minimum absolute atomic E-state index is 0.226. The van der Waals surface area contributed by atoms with E-state index in [0.717, 1.165) is 24.9 Å². The maximum atomic E-state index is 13.0. The van der Waals surface area contributed by atoms with Crippen molar-refractivity contribution in [1.82, 2.24) is 4.90 Å². The van der Waals surface area contributed by atoms with Gasteiger partial charge in [-0.2, -0.15) is 0 Å². The minimum Gasteiger partial charge on any atom is -0.444 e. The van der Waals surface area contributed by atoms with Crippen LogP contribution in [-0.4, -0.2) is 29.2 Å². The van der Waals surface area contributed by atoms with Crippen LogP contribution in [0.4, 0.5) is 9.18 Å². The summed E-state index contributed by atoms with van der Waals surface area (Å²) in [4.78, 5) is 13.5. The molecule has 2 rings (SSSR count). The number of hydrogen-bond acceptors (Lipinski definition) is 2. The molecule has 21 heavy (non-hydrogen) atoms. The molecular formula is C17H22FNO2. The lowest BCUT2D eigenvalue weighted by Crippen LogP contribution is -2.27. The number of halogens is 1. The number of nitrogens with zero attached hydrogens (tertiary/aromatic N) is 1. The Morgan fingerprint density at radius 2 is 2.24 bits per heavy atom. The molecule has 0 N–H and O–H groups in total. The molecule has 0 aromatic heterocycles. The molecule has 1 fully saturated rings. The first kappa shape index (κ1) is 15.5. The van der Waals surface area contributed by atoms with Gasteiger partial charge in [0.25, 0.3) is 0 Å². The Bertz CT molecular complexity index is 534. The summed E-state index contributed by atoms with van der Waals surface area (Å²) in [5, 5.41) is 0. The van der Waals surface area contributed by atoms with Crippen LogP contribution in [0.15, 0.2) is 30.3 Å². The topological polar surface area (TPSA) is 29.3 Å². The van der Waals surface area contributed by atoms with Crippen molar-refractivity contribution in [3.63, 3.8) is 0 Å². The average molecular weight is 291 g/mol. The second-order valence-corrected chi connectivity index (χ2v) is 6.32. The van der Waals surface area contributed by atoms with Crippen LogP contribution in [0.25, 0.3) is 6.08 Å². The standard InChI is InChI=1S/C17H22FNO2/c1-17(2,3)21-16(20)19-12-15(19)10-5-4-7-13-8-6-9-14(18)11-13/h4,6-9,11,15H,5,10,12H2,1-3H3/b7-4+/t15-,19?/m0/s1. The van der Waals surface area contributed by atoms with E-state index in [1.807, 2.05) is 39.0 Å². The highest BCUT2D eigenvalue weighted by atomic mass is 19.1. The number of benzene rings is 1. The molecule has 1 amide bonds. The Morgan fingerprint density at radius 1 is 1.48 bits per heavy atom. The van der Waals surface area contributed by atoms with Crippen LogP contribution in [-0.2, 0) is 4.74 Å². The van der Waals surface area contributed by atoms with Gasteiger partial charge in [0.1, 0.15) is 11.4 Å². The van der Waals surface area contributed by atoms with Crippen molar-refractivity contribution in [2.45, 2.75) is 45.3 Å². The zero-order chi connectivity index (χ0) is 15.5. The van der Waals surface area contributed by atoms with Crippen molar-refractivity contribution in [3.8, 4) is 0 Å². The highest BCUT2D eigenvalue weighted by Crippen LogP contribution is 2.25. The molecule has 3 nitrogen and oxygen atoms in total. The maximum Gasteiger partial charge on any atom is 0.410 e.